The van der Waals surface area contributed by atoms with Crippen LogP contribution in [-0.4, -0.2) is 16.1 Å². The number of aromatic nitrogens is 2. The van der Waals surface area contributed by atoms with Crippen LogP contribution in [0.1, 0.15) is 38.3 Å². The number of anilines is 2. The molecule has 1 aromatic carbocycles. The summed E-state index contributed by atoms with van der Waals surface area (Å²) >= 11 is 18.6. The summed E-state index contributed by atoms with van der Waals surface area (Å²) in [6.45, 7) is 4.73. The van der Waals surface area contributed by atoms with Crippen molar-refractivity contribution in [1.29, 1.82) is 0 Å². The molecule has 1 aromatic heterocycles. The molecule has 0 radical (unpaired) electrons. The molecule has 128 valence electrons. The predicted molar refractivity (Wildman–Crippen MR) is 100 cm³/mol. The topological polar surface area (TPSA) is 38.1 Å². The lowest BCUT2D eigenvalue weighted by Crippen LogP contribution is -2.31. The zero-order chi connectivity index (χ0) is 17.4. The number of benzene rings is 1. The molecule has 24 heavy (non-hydrogen) atoms. The summed E-state index contributed by atoms with van der Waals surface area (Å²) in [5.41, 5.74) is 1.67. The number of hydrogen-bond acceptors (Lipinski definition) is 3. The number of rotatable bonds is 4. The highest BCUT2D eigenvalue weighted by molar-refractivity contribution is 6.37. The molecule has 2 aromatic rings. The molecule has 1 aliphatic heterocycles. The van der Waals surface area contributed by atoms with E-state index in [0.717, 1.165) is 30.5 Å². The third-order valence-corrected chi connectivity index (χ3v) is 5.15. The number of nitrogens with zero attached hydrogens (tertiary/aromatic N) is 3. The molecule has 4 nitrogen and oxygen atoms in total. The smallest absolute Gasteiger partial charge is 0.294 e. The van der Waals surface area contributed by atoms with Crippen LogP contribution < -0.4 is 10.5 Å². The molecule has 0 bridgehead atoms. The Kier molecular flexibility index (Phi) is 5.09. The molecule has 0 amide bonds. The first kappa shape index (κ1) is 17.6. The highest BCUT2D eigenvalue weighted by Crippen LogP contribution is 2.40. The maximum absolute atomic E-state index is 13.0. The van der Waals surface area contributed by atoms with E-state index in [2.05, 4.69) is 18.8 Å². The van der Waals surface area contributed by atoms with E-state index < -0.39 is 0 Å². The van der Waals surface area contributed by atoms with Crippen LogP contribution in [-0.2, 0) is 6.42 Å². The highest BCUT2D eigenvalue weighted by atomic mass is 35.5. The lowest BCUT2D eigenvalue weighted by molar-refractivity contribution is 0.456. The first-order valence-corrected chi connectivity index (χ1v) is 9.13. The second kappa shape index (κ2) is 6.95. The van der Waals surface area contributed by atoms with Crippen molar-refractivity contribution in [2.45, 2.75) is 39.2 Å². The third kappa shape index (κ3) is 3.03. The molecule has 3 rings (SSSR count). The van der Waals surface area contributed by atoms with Crippen LogP contribution in [0.25, 0.3) is 0 Å². The van der Waals surface area contributed by atoms with E-state index in [-0.39, 0.29) is 11.6 Å². The lowest BCUT2D eigenvalue weighted by atomic mass is 10.1. The molecule has 1 aliphatic rings. The molecule has 0 atom stereocenters. The molecular formula is C17H18Cl3N3O. The molecule has 0 aliphatic carbocycles. The quantitative estimate of drug-likeness (QED) is 0.719. The van der Waals surface area contributed by atoms with E-state index in [1.807, 2.05) is 11.0 Å². The Hall–Kier alpha value is -1.23. The molecule has 0 saturated heterocycles. The maximum atomic E-state index is 13.0. The fourth-order valence-electron chi connectivity index (χ4n) is 3.26. The average molecular weight is 387 g/mol. The summed E-state index contributed by atoms with van der Waals surface area (Å²) < 4.78 is 1.69. The van der Waals surface area contributed by atoms with Gasteiger partial charge in [0, 0.05) is 23.8 Å². The Bertz CT molecular complexity index is 831. The van der Waals surface area contributed by atoms with Crippen LogP contribution in [0.3, 0.4) is 0 Å². The van der Waals surface area contributed by atoms with Crippen LogP contribution >= 0.6 is 34.8 Å². The van der Waals surface area contributed by atoms with Gasteiger partial charge in [-0.1, -0.05) is 48.7 Å². The van der Waals surface area contributed by atoms with Gasteiger partial charge in [-0.25, -0.2) is 4.98 Å². The Morgan fingerprint density at radius 2 is 1.92 bits per heavy atom. The van der Waals surface area contributed by atoms with Gasteiger partial charge in [0.25, 0.3) is 5.56 Å². The fraction of sp³-hybridized carbons (Fsp3) is 0.412. The van der Waals surface area contributed by atoms with Gasteiger partial charge in [-0.3, -0.25) is 4.79 Å². The summed E-state index contributed by atoms with van der Waals surface area (Å²) in [4.78, 5) is 19.1. The van der Waals surface area contributed by atoms with E-state index in [0.29, 0.717) is 27.6 Å². The van der Waals surface area contributed by atoms with Crippen molar-refractivity contribution in [2.75, 3.05) is 11.4 Å². The molecule has 2 heterocycles. The van der Waals surface area contributed by atoms with E-state index in [4.69, 9.17) is 34.8 Å². The standard InChI is InChI=1S/C17H18Cl3N3O/c1-3-12(4-2)23-9-14(20)21-16(17(23)24)22-6-5-10-7-11(18)8-13(19)15(10)22/h7-9,12H,3-6H2,1-2H3. The maximum Gasteiger partial charge on any atom is 0.294 e. The normalized spacial score (nSPS) is 13.7. The van der Waals surface area contributed by atoms with Gasteiger partial charge < -0.3 is 9.47 Å². The molecule has 0 fully saturated rings. The van der Waals surface area contributed by atoms with Gasteiger partial charge in [0.15, 0.2) is 0 Å². The summed E-state index contributed by atoms with van der Waals surface area (Å²) in [6, 6.07) is 3.66. The second-order valence-electron chi connectivity index (χ2n) is 5.87. The highest BCUT2D eigenvalue weighted by Gasteiger charge is 2.28. The number of hydrogen-bond donors (Lipinski definition) is 0. The largest absolute Gasteiger partial charge is 0.320 e. The zero-order valence-electron chi connectivity index (χ0n) is 13.5. The van der Waals surface area contributed by atoms with Gasteiger partial charge in [0.2, 0.25) is 5.82 Å². The van der Waals surface area contributed by atoms with Gasteiger partial charge in [-0.05, 0) is 37.0 Å². The van der Waals surface area contributed by atoms with E-state index >= 15 is 0 Å². The minimum absolute atomic E-state index is 0.0968. The van der Waals surface area contributed by atoms with Crippen molar-refractivity contribution in [1.82, 2.24) is 9.55 Å². The van der Waals surface area contributed by atoms with E-state index in [9.17, 15) is 4.79 Å². The monoisotopic (exact) mass is 385 g/mol. The number of halogens is 3. The minimum Gasteiger partial charge on any atom is -0.320 e. The van der Waals surface area contributed by atoms with Crippen molar-refractivity contribution in [3.63, 3.8) is 0 Å². The first-order valence-electron chi connectivity index (χ1n) is 8.00. The Morgan fingerprint density at radius 1 is 1.21 bits per heavy atom. The van der Waals surface area contributed by atoms with Crippen LogP contribution in [0.4, 0.5) is 11.5 Å². The summed E-state index contributed by atoms with van der Waals surface area (Å²) in [5, 5.41) is 1.41. The van der Waals surface area contributed by atoms with E-state index in [1.54, 1.807) is 16.8 Å². The van der Waals surface area contributed by atoms with Crippen molar-refractivity contribution >= 4 is 46.3 Å². The SMILES string of the molecule is CCC(CC)n1cc(Cl)nc(N2CCc3cc(Cl)cc(Cl)c32)c1=O. The molecular weight excluding hydrogens is 369 g/mol. The van der Waals surface area contributed by atoms with Crippen LogP contribution in [0.15, 0.2) is 23.1 Å². The Balaban J connectivity index is 2.15. The molecule has 0 spiro atoms. The van der Waals surface area contributed by atoms with Gasteiger partial charge >= 0.3 is 0 Å². The van der Waals surface area contributed by atoms with Crippen LogP contribution in [0, 0.1) is 0 Å². The first-order chi connectivity index (χ1) is 11.5. The third-order valence-electron chi connectivity index (χ3n) is 4.46. The van der Waals surface area contributed by atoms with Crippen molar-refractivity contribution in [3.05, 3.63) is 49.4 Å². The number of fused-ring (bicyclic) bond motifs is 1. The zero-order valence-corrected chi connectivity index (χ0v) is 15.8. The fourth-order valence-corrected chi connectivity index (χ4v) is 4.09. The molecule has 0 N–H and O–H groups in total. The van der Waals surface area contributed by atoms with Gasteiger partial charge in [0.1, 0.15) is 5.15 Å². The lowest BCUT2D eigenvalue weighted by Gasteiger charge is -2.22. The van der Waals surface area contributed by atoms with Gasteiger partial charge in [-0.2, -0.15) is 0 Å². The average Bonchev–Trinajstić information content (AvgIpc) is 2.95. The predicted octanol–water partition coefficient (Wildman–Crippen LogP) is 5.26. The van der Waals surface area contributed by atoms with Crippen molar-refractivity contribution in [3.8, 4) is 0 Å². The molecule has 0 saturated carbocycles. The molecule has 7 heteroatoms. The van der Waals surface area contributed by atoms with Gasteiger partial charge in [0.05, 0.1) is 10.7 Å². The van der Waals surface area contributed by atoms with Gasteiger partial charge in [-0.15, -0.1) is 0 Å². The molecule has 0 unspecified atom stereocenters. The van der Waals surface area contributed by atoms with Crippen molar-refractivity contribution in [2.24, 2.45) is 0 Å². The van der Waals surface area contributed by atoms with E-state index in [1.165, 1.54) is 0 Å². The van der Waals surface area contributed by atoms with Crippen molar-refractivity contribution < 1.29 is 0 Å². The summed E-state index contributed by atoms with van der Waals surface area (Å²) in [7, 11) is 0. The Labute approximate surface area is 156 Å². The van der Waals surface area contributed by atoms with Crippen LogP contribution in [0.5, 0.6) is 0 Å². The Morgan fingerprint density at radius 3 is 2.58 bits per heavy atom. The van der Waals surface area contributed by atoms with Crippen LogP contribution in [0.2, 0.25) is 15.2 Å². The minimum atomic E-state index is -0.146. The second-order valence-corrected chi connectivity index (χ2v) is 7.10. The summed E-state index contributed by atoms with van der Waals surface area (Å²) in [6.07, 6.45) is 4.08. The summed E-state index contributed by atoms with van der Waals surface area (Å²) in [5.74, 6) is 0.317.